The van der Waals surface area contributed by atoms with Gasteiger partial charge in [0.2, 0.25) is 0 Å². The number of thiocarbonyl (C=S) groups is 1. The van der Waals surface area contributed by atoms with Gasteiger partial charge in [0.15, 0.2) is 0 Å². The van der Waals surface area contributed by atoms with Crippen LogP contribution < -0.4 is 0 Å². The van der Waals surface area contributed by atoms with Gasteiger partial charge in [0, 0.05) is 11.3 Å². The molecule has 41 valence electrons. The van der Waals surface area contributed by atoms with Crippen LogP contribution in [0.25, 0.3) is 0 Å². The molecule has 0 bridgehead atoms. The van der Waals surface area contributed by atoms with E-state index in [-0.39, 0.29) is 0 Å². The molecular weight excluding hydrogens is 116 g/mol. The van der Waals surface area contributed by atoms with Crippen molar-refractivity contribution < 1.29 is 0 Å². The van der Waals surface area contributed by atoms with Gasteiger partial charge in [-0.2, -0.15) is 0 Å². The Morgan fingerprint density at radius 3 is 2.75 bits per heavy atom. The molecule has 1 aliphatic rings. The Balaban J connectivity index is 2.80. The monoisotopic (exact) mass is 123 g/mol. The quantitative estimate of drug-likeness (QED) is 0.444. The second-order valence-corrected chi connectivity index (χ2v) is 2.24. The number of allylic oxidation sites excluding steroid dienone is 4. The van der Waals surface area contributed by atoms with E-state index in [1.54, 1.807) is 0 Å². The predicted octanol–water partition coefficient (Wildman–Crippen LogP) is 2.08. The van der Waals surface area contributed by atoms with Crippen LogP contribution in [0.1, 0.15) is 6.42 Å². The van der Waals surface area contributed by atoms with E-state index in [4.69, 9.17) is 12.2 Å². The zero-order valence-electron chi connectivity index (χ0n) is 4.55. The van der Waals surface area contributed by atoms with Crippen molar-refractivity contribution in [2.75, 3.05) is 0 Å². The molecule has 1 radical (unpaired) electrons. The highest BCUT2D eigenvalue weighted by molar-refractivity contribution is 7.80. The van der Waals surface area contributed by atoms with Gasteiger partial charge in [-0.3, -0.25) is 0 Å². The summed E-state index contributed by atoms with van der Waals surface area (Å²) in [6, 6.07) is 0. The Morgan fingerprint density at radius 2 is 2.38 bits per heavy atom. The largest absolute Gasteiger partial charge is 0.0843 e. The van der Waals surface area contributed by atoms with Crippen LogP contribution in [0.2, 0.25) is 0 Å². The number of rotatable bonds is 0. The van der Waals surface area contributed by atoms with Gasteiger partial charge in [-0.25, -0.2) is 0 Å². The van der Waals surface area contributed by atoms with Crippen LogP contribution in [0.4, 0.5) is 0 Å². The third-order valence-electron chi connectivity index (χ3n) is 1.09. The minimum absolute atomic E-state index is 0.894. The van der Waals surface area contributed by atoms with Crippen LogP contribution in [0.3, 0.4) is 0 Å². The third kappa shape index (κ3) is 1.04. The lowest BCUT2D eigenvalue weighted by molar-refractivity contribution is 1.47. The molecule has 0 unspecified atom stereocenters. The van der Waals surface area contributed by atoms with Gasteiger partial charge >= 0.3 is 0 Å². The molecule has 0 heterocycles. The molecule has 1 heteroatoms. The molecule has 0 spiro atoms. The van der Waals surface area contributed by atoms with Gasteiger partial charge in [0.05, 0.1) is 0 Å². The molecule has 0 nitrogen and oxygen atoms in total. The first-order valence-electron chi connectivity index (χ1n) is 2.52. The molecule has 0 N–H and O–H groups in total. The van der Waals surface area contributed by atoms with E-state index in [9.17, 15) is 0 Å². The summed E-state index contributed by atoms with van der Waals surface area (Å²) < 4.78 is 0. The zero-order chi connectivity index (χ0) is 5.98. The van der Waals surface area contributed by atoms with E-state index in [1.165, 1.54) is 0 Å². The average molecular weight is 123 g/mol. The van der Waals surface area contributed by atoms with Crippen LogP contribution in [0.15, 0.2) is 23.8 Å². The fourth-order valence-electron chi connectivity index (χ4n) is 0.583. The fraction of sp³-hybridized carbons (Fsp3) is 0.143. The minimum atomic E-state index is 0.894. The highest BCUT2D eigenvalue weighted by Crippen LogP contribution is 2.07. The maximum Gasteiger partial charge on any atom is 0.0222 e. The van der Waals surface area contributed by atoms with Crippen molar-refractivity contribution in [1.29, 1.82) is 0 Å². The standard InChI is InChI=1S/C7H7S/c1-6-4-2-3-5-7(6)8/h2-4H,1,5H2. The molecule has 0 aromatic rings. The zero-order valence-corrected chi connectivity index (χ0v) is 5.37. The van der Waals surface area contributed by atoms with Gasteiger partial charge in [0.1, 0.15) is 0 Å². The Kier molecular flexibility index (Phi) is 1.59. The molecule has 0 aliphatic heterocycles. The predicted molar refractivity (Wildman–Crippen MR) is 39.8 cm³/mol. The van der Waals surface area contributed by atoms with Crippen molar-refractivity contribution in [3.63, 3.8) is 0 Å². The first kappa shape index (κ1) is 5.70. The minimum Gasteiger partial charge on any atom is -0.0843 e. The molecule has 0 fully saturated rings. The van der Waals surface area contributed by atoms with Gasteiger partial charge in [-0.15, -0.1) is 0 Å². The Hall–Kier alpha value is -0.430. The molecule has 8 heavy (non-hydrogen) atoms. The smallest absolute Gasteiger partial charge is 0.0222 e. The Morgan fingerprint density at radius 1 is 1.62 bits per heavy atom. The summed E-state index contributed by atoms with van der Waals surface area (Å²) >= 11 is 4.95. The molecule has 0 aromatic heterocycles. The molecule has 1 aliphatic carbocycles. The van der Waals surface area contributed by atoms with Crippen LogP contribution in [0, 0.1) is 6.92 Å². The lowest BCUT2D eigenvalue weighted by Crippen LogP contribution is -1.96. The lowest BCUT2D eigenvalue weighted by atomic mass is 10.1. The highest BCUT2D eigenvalue weighted by atomic mass is 32.1. The highest BCUT2D eigenvalue weighted by Gasteiger charge is 1.97. The van der Waals surface area contributed by atoms with Crippen molar-refractivity contribution >= 4 is 17.1 Å². The van der Waals surface area contributed by atoms with Gasteiger partial charge < -0.3 is 0 Å². The topological polar surface area (TPSA) is 0 Å². The molecule has 0 saturated heterocycles. The fourth-order valence-corrected chi connectivity index (χ4v) is 0.748. The molecular formula is C7H7S. The molecule has 0 amide bonds. The second-order valence-electron chi connectivity index (χ2n) is 1.75. The summed E-state index contributed by atoms with van der Waals surface area (Å²) in [5.74, 6) is 0. The summed E-state index contributed by atoms with van der Waals surface area (Å²) in [5.41, 5.74) is 0.988. The van der Waals surface area contributed by atoms with Gasteiger partial charge in [-0.1, -0.05) is 30.4 Å². The number of hydrogen-bond donors (Lipinski definition) is 0. The van der Waals surface area contributed by atoms with Crippen LogP contribution in [0.5, 0.6) is 0 Å². The van der Waals surface area contributed by atoms with Crippen LogP contribution >= 0.6 is 12.2 Å². The van der Waals surface area contributed by atoms with Crippen molar-refractivity contribution in [3.8, 4) is 0 Å². The van der Waals surface area contributed by atoms with E-state index < -0.39 is 0 Å². The first-order valence-corrected chi connectivity index (χ1v) is 2.93. The summed E-state index contributed by atoms with van der Waals surface area (Å²) in [6.07, 6.45) is 6.85. The maximum absolute atomic E-state index is 4.95. The lowest BCUT2D eigenvalue weighted by Gasteiger charge is -2.01. The second kappa shape index (κ2) is 2.23. The van der Waals surface area contributed by atoms with Crippen molar-refractivity contribution in [1.82, 2.24) is 0 Å². The summed E-state index contributed by atoms with van der Waals surface area (Å²) in [4.78, 5) is 0.965. The van der Waals surface area contributed by atoms with Crippen molar-refractivity contribution in [2.24, 2.45) is 0 Å². The third-order valence-corrected chi connectivity index (χ3v) is 1.52. The summed E-state index contributed by atoms with van der Waals surface area (Å²) in [5, 5.41) is 0. The van der Waals surface area contributed by atoms with Crippen molar-refractivity contribution in [2.45, 2.75) is 6.42 Å². The molecule has 0 atom stereocenters. The first-order chi connectivity index (χ1) is 3.80. The van der Waals surface area contributed by atoms with Crippen molar-refractivity contribution in [3.05, 3.63) is 30.7 Å². The molecule has 1 rings (SSSR count). The van der Waals surface area contributed by atoms with E-state index >= 15 is 0 Å². The van der Waals surface area contributed by atoms with E-state index in [2.05, 4.69) is 6.92 Å². The number of hydrogen-bond acceptors (Lipinski definition) is 1. The molecule has 0 saturated carbocycles. The van der Waals surface area contributed by atoms with E-state index in [1.807, 2.05) is 18.2 Å². The van der Waals surface area contributed by atoms with Gasteiger partial charge in [-0.05, 0) is 12.5 Å². The van der Waals surface area contributed by atoms with E-state index in [0.29, 0.717) is 0 Å². The maximum atomic E-state index is 4.95. The summed E-state index contributed by atoms with van der Waals surface area (Å²) in [6.45, 7) is 3.75. The normalized spacial score (nSPS) is 18.6. The van der Waals surface area contributed by atoms with E-state index in [0.717, 1.165) is 16.9 Å². The SMILES string of the molecule is [CH2]C1=CC=CCC1=S. The summed E-state index contributed by atoms with van der Waals surface area (Å²) in [7, 11) is 0. The van der Waals surface area contributed by atoms with Crippen LogP contribution in [-0.4, -0.2) is 4.86 Å². The average Bonchev–Trinajstić information content (AvgIpc) is 1.77. The van der Waals surface area contributed by atoms with Crippen LogP contribution in [-0.2, 0) is 0 Å². The van der Waals surface area contributed by atoms with Gasteiger partial charge in [0.25, 0.3) is 0 Å². The Bertz CT molecular complexity index is 163. The molecule has 0 aromatic carbocycles. The Labute approximate surface area is 54.9 Å².